The lowest BCUT2D eigenvalue weighted by Crippen LogP contribution is -2.56. The molecule has 5 rings (SSSR count). The van der Waals surface area contributed by atoms with Crippen molar-refractivity contribution in [1.82, 2.24) is 9.78 Å². The first-order valence-electron chi connectivity index (χ1n) is 7.57. The van der Waals surface area contributed by atoms with Crippen LogP contribution >= 0.6 is 11.6 Å². The third kappa shape index (κ3) is 1.52. The third-order valence-corrected chi connectivity index (χ3v) is 6.13. The Labute approximate surface area is 118 Å². The Morgan fingerprint density at radius 1 is 1.26 bits per heavy atom. The monoisotopic (exact) mass is 280 g/mol. The Morgan fingerprint density at radius 2 is 1.84 bits per heavy atom. The van der Waals surface area contributed by atoms with E-state index < -0.39 is 5.60 Å². The molecule has 0 atom stereocenters. The summed E-state index contributed by atoms with van der Waals surface area (Å²) >= 11 is 6.36. The quantitative estimate of drug-likeness (QED) is 0.903. The van der Waals surface area contributed by atoms with E-state index in [2.05, 4.69) is 12.0 Å². The molecule has 4 heteroatoms. The number of aliphatic hydroxyl groups is 1. The molecule has 4 bridgehead atoms. The van der Waals surface area contributed by atoms with Gasteiger partial charge in [-0.05, 0) is 62.7 Å². The van der Waals surface area contributed by atoms with Gasteiger partial charge in [-0.15, -0.1) is 0 Å². The highest BCUT2D eigenvalue weighted by Gasteiger charge is 2.59. The molecular formula is C15H21ClN2O. The van der Waals surface area contributed by atoms with E-state index in [1.807, 2.05) is 4.68 Å². The third-order valence-electron chi connectivity index (χ3n) is 5.86. The zero-order valence-corrected chi connectivity index (χ0v) is 12.1. The highest BCUT2D eigenvalue weighted by Crippen LogP contribution is 2.62. The summed E-state index contributed by atoms with van der Waals surface area (Å²) < 4.78 is 1.91. The predicted molar refractivity (Wildman–Crippen MR) is 73.9 cm³/mol. The summed E-state index contributed by atoms with van der Waals surface area (Å²) in [6, 6.07) is 0. The van der Waals surface area contributed by atoms with Gasteiger partial charge in [-0.3, -0.25) is 4.68 Å². The normalized spacial score (nSPS) is 43.9. The predicted octanol–water partition coefficient (Wildman–Crippen LogP) is 3.20. The fraction of sp³-hybridized carbons (Fsp3) is 0.800. The van der Waals surface area contributed by atoms with Crippen molar-refractivity contribution in [3.05, 3.63) is 16.9 Å². The van der Waals surface area contributed by atoms with Gasteiger partial charge >= 0.3 is 0 Å². The molecule has 1 aromatic rings. The molecule has 0 radical (unpaired) electrons. The number of hydrogen-bond acceptors (Lipinski definition) is 2. The van der Waals surface area contributed by atoms with Crippen molar-refractivity contribution >= 4 is 11.6 Å². The molecule has 4 saturated carbocycles. The fourth-order valence-electron chi connectivity index (χ4n) is 5.29. The lowest BCUT2D eigenvalue weighted by molar-refractivity contribution is -0.183. The van der Waals surface area contributed by atoms with Crippen LogP contribution in [0.5, 0.6) is 0 Å². The second-order valence-electron chi connectivity index (χ2n) is 6.79. The van der Waals surface area contributed by atoms with Crippen LogP contribution < -0.4 is 0 Å². The molecule has 0 aromatic carbocycles. The van der Waals surface area contributed by atoms with E-state index in [1.54, 1.807) is 6.20 Å². The molecule has 0 unspecified atom stereocenters. The van der Waals surface area contributed by atoms with E-state index in [0.29, 0.717) is 16.9 Å². The summed E-state index contributed by atoms with van der Waals surface area (Å²) in [6.45, 7) is 2.84. The molecule has 0 spiro atoms. The molecule has 0 saturated heterocycles. The maximum atomic E-state index is 11.5. The van der Waals surface area contributed by atoms with E-state index >= 15 is 0 Å². The zero-order valence-electron chi connectivity index (χ0n) is 11.3. The van der Waals surface area contributed by atoms with Crippen molar-refractivity contribution in [2.45, 2.75) is 51.2 Å². The maximum absolute atomic E-state index is 11.5. The summed E-state index contributed by atoms with van der Waals surface area (Å²) in [5.74, 6) is 2.48. The van der Waals surface area contributed by atoms with Crippen LogP contribution in [0.3, 0.4) is 0 Å². The Kier molecular flexibility index (Phi) is 2.56. The second-order valence-corrected chi connectivity index (χ2v) is 7.19. The van der Waals surface area contributed by atoms with E-state index in [1.165, 1.54) is 32.1 Å². The van der Waals surface area contributed by atoms with Crippen LogP contribution in [0, 0.1) is 23.7 Å². The first-order valence-corrected chi connectivity index (χ1v) is 7.94. The van der Waals surface area contributed by atoms with Gasteiger partial charge in [-0.25, -0.2) is 0 Å². The van der Waals surface area contributed by atoms with Gasteiger partial charge in [0.05, 0.1) is 16.9 Å². The Morgan fingerprint density at radius 3 is 2.37 bits per heavy atom. The smallest absolute Gasteiger partial charge is 0.113 e. The Hall–Kier alpha value is -0.540. The number of halogens is 1. The molecule has 3 nitrogen and oxygen atoms in total. The van der Waals surface area contributed by atoms with Crippen LogP contribution in [-0.2, 0) is 12.1 Å². The number of rotatable bonds is 2. The molecule has 4 aliphatic carbocycles. The maximum Gasteiger partial charge on any atom is 0.113 e. The molecule has 1 N–H and O–H groups in total. The highest BCUT2D eigenvalue weighted by atomic mass is 35.5. The Balaban J connectivity index is 1.82. The minimum absolute atomic E-state index is 0.392. The average molecular weight is 281 g/mol. The first-order chi connectivity index (χ1) is 9.12. The molecular weight excluding hydrogens is 260 g/mol. The van der Waals surface area contributed by atoms with Crippen LogP contribution in [0.4, 0.5) is 0 Å². The van der Waals surface area contributed by atoms with Crippen LogP contribution in [-0.4, -0.2) is 14.9 Å². The zero-order chi connectivity index (χ0) is 13.2. The van der Waals surface area contributed by atoms with E-state index in [0.717, 1.165) is 24.1 Å². The van der Waals surface area contributed by atoms with Crippen molar-refractivity contribution in [1.29, 1.82) is 0 Å². The summed E-state index contributed by atoms with van der Waals surface area (Å²) in [6.07, 6.45) is 7.79. The minimum atomic E-state index is -0.725. The number of aromatic nitrogens is 2. The topological polar surface area (TPSA) is 38.0 Å². The number of hydrogen-bond donors (Lipinski definition) is 1. The fourth-order valence-corrected chi connectivity index (χ4v) is 5.58. The second kappa shape index (κ2) is 3.98. The van der Waals surface area contributed by atoms with Crippen molar-refractivity contribution in [2.24, 2.45) is 23.7 Å². The van der Waals surface area contributed by atoms with Crippen LogP contribution in [0.1, 0.15) is 44.7 Å². The van der Waals surface area contributed by atoms with E-state index in [4.69, 9.17) is 11.6 Å². The molecule has 4 aliphatic rings. The highest BCUT2D eigenvalue weighted by molar-refractivity contribution is 6.31. The lowest BCUT2D eigenvalue weighted by Gasteiger charge is -2.58. The molecule has 4 fully saturated rings. The van der Waals surface area contributed by atoms with E-state index in [-0.39, 0.29) is 0 Å². The van der Waals surface area contributed by atoms with Crippen molar-refractivity contribution in [3.8, 4) is 0 Å². The van der Waals surface area contributed by atoms with Crippen LogP contribution in [0.25, 0.3) is 0 Å². The van der Waals surface area contributed by atoms with Gasteiger partial charge in [0.1, 0.15) is 5.60 Å². The number of nitrogens with zero attached hydrogens (tertiary/aromatic N) is 2. The molecule has 1 aromatic heterocycles. The molecule has 19 heavy (non-hydrogen) atoms. The van der Waals surface area contributed by atoms with Gasteiger partial charge in [-0.2, -0.15) is 5.10 Å². The largest absolute Gasteiger partial charge is 0.383 e. The summed E-state index contributed by atoms with van der Waals surface area (Å²) in [5, 5.41) is 16.5. The first kappa shape index (κ1) is 12.2. The molecule has 104 valence electrons. The summed E-state index contributed by atoms with van der Waals surface area (Å²) in [4.78, 5) is 0. The van der Waals surface area contributed by atoms with Crippen LogP contribution in [0.15, 0.2) is 6.20 Å². The molecule has 0 amide bonds. The van der Waals surface area contributed by atoms with Gasteiger partial charge in [-0.1, -0.05) is 11.6 Å². The van der Waals surface area contributed by atoms with Gasteiger partial charge in [0.2, 0.25) is 0 Å². The van der Waals surface area contributed by atoms with Gasteiger partial charge in [0.25, 0.3) is 0 Å². The van der Waals surface area contributed by atoms with E-state index in [9.17, 15) is 5.11 Å². The standard InChI is InChI=1S/C15H21ClN2O/c1-2-18-14(13(16)8-17-18)15(19)11-4-9-3-10(6-11)7-12(15)5-9/h8-12,19H,2-7H2,1H3. The van der Waals surface area contributed by atoms with Gasteiger partial charge in [0, 0.05) is 6.54 Å². The Bertz CT molecular complexity index is 482. The van der Waals surface area contributed by atoms with Crippen molar-refractivity contribution in [3.63, 3.8) is 0 Å². The van der Waals surface area contributed by atoms with Crippen molar-refractivity contribution in [2.75, 3.05) is 0 Å². The summed E-state index contributed by atoms with van der Waals surface area (Å²) in [7, 11) is 0. The van der Waals surface area contributed by atoms with Gasteiger partial charge < -0.3 is 5.11 Å². The lowest BCUT2D eigenvalue weighted by atomic mass is 9.49. The van der Waals surface area contributed by atoms with Crippen molar-refractivity contribution < 1.29 is 5.11 Å². The molecule has 0 aliphatic heterocycles. The molecule has 1 heterocycles. The van der Waals surface area contributed by atoms with Gasteiger partial charge in [0.15, 0.2) is 0 Å². The SMILES string of the molecule is CCn1ncc(Cl)c1C1(O)C2CC3CC(C2)CC1C3. The summed E-state index contributed by atoms with van der Waals surface area (Å²) in [5.41, 5.74) is 0.169. The van der Waals surface area contributed by atoms with Crippen LogP contribution in [0.2, 0.25) is 5.02 Å². The minimum Gasteiger partial charge on any atom is -0.383 e. The number of aryl methyl sites for hydroxylation is 1. The average Bonchev–Trinajstić information content (AvgIpc) is 2.76.